The molecule has 0 spiro atoms. The summed E-state index contributed by atoms with van der Waals surface area (Å²) in [6.45, 7) is 0.670. The number of carbonyl (C=O) groups is 3. The van der Waals surface area contributed by atoms with E-state index in [1.807, 2.05) is 30.3 Å². The molecule has 39 heavy (non-hydrogen) atoms. The van der Waals surface area contributed by atoms with Crippen LogP contribution in [0.25, 0.3) is 6.08 Å². The van der Waals surface area contributed by atoms with E-state index in [1.165, 1.54) is 43.4 Å². The van der Waals surface area contributed by atoms with Gasteiger partial charge in [-0.1, -0.05) is 30.3 Å². The summed E-state index contributed by atoms with van der Waals surface area (Å²) in [4.78, 5) is 52.0. The van der Waals surface area contributed by atoms with Gasteiger partial charge in [-0.25, -0.2) is 9.59 Å². The van der Waals surface area contributed by atoms with Gasteiger partial charge in [0.2, 0.25) is 5.91 Å². The van der Waals surface area contributed by atoms with Crippen molar-refractivity contribution >= 4 is 29.7 Å². The molecule has 12 heteroatoms. The zero-order chi connectivity index (χ0) is 27.9. The molecular weight excluding hydrogens is 510 g/mol. The Morgan fingerprint density at radius 2 is 1.77 bits per heavy atom. The van der Waals surface area contributed by atoms with Crippen molar-refractivity contribution in [3.05, 3.63) is 69.8 Å². The molecule has 2 aromatic rings. The summed E-state index contributed by atoms with van der Waals surface area (Å²) in [5.41, 5.74) is 0.798. The summed E-state index contributed by atoms with van der Waals surface area (Å²) in [5.74, 6) is -0.370. The summed E-state index contributed by atoms with van der Waals surface area (Å²) in [6, 6.07) is 10.8. The lowest BCUT2D eigenvalue weighted by atomic mass is 10.0. The highest BCUT2D eigenvalue weighted by Gasteiger charge is 2.44. The van der Waals surface area contributed by atoms with Gasteiger partial charge in [-0.15, -0.1) is 0 Å². The number of cyclic esters (lactones) is 1. The molecule has 0 bridgehead atoms. The van der Waals surface area contributed by atoms with Gasteiger partial charge in [0, 0.05) is 25.2 Å². The molecule has 4 rings (SSSR count). The minimum Gasteiger partial charge on any atom is -0.493 e. The summed E-state index contributed by atoms with van der Waals surface area (Å²) < 4.78 is 20.9. The molecule has 12 nitrogen and oxygen atoms in total. The van der Waals surface area contributed by atoms with Gasteiger partial charge in [0.15, 0.2) is 17.5 Å². The number of nitro benzene ring substituents is 1. The van der Waals surface area contributed by atoms with E-state index in [0.717, 1.165) is 5.56 Å². The van der Waals surface area contributed by atoms with E-state index in [-0.39, 0.29) is 42.2 Å². The molecule has 0 aliphatic carbocycles. The maximum atomic E-state index is 12.8. The van der Waals surface area contributed by atoms with Gasteiger partial charge in [0.1, 0.15) is 13.2 Å². The van der Waals surface area contributed by atoms with Crippen molar-refractivity contribution in [1.82, 2.24) is 9.80 Å². The third-order valence-corrected chi connectivity index (χ3v) is 6.71. The fraction of sp³-hybridized carbons (Fsp3) is 0.370. The molecule has 2 aliphatic rings. The Balaban J connectivity index is 1.37. The van der Waals surface area contributed by atoms with E-state index < -0.39 is 23.0 Å². The van der Waals surface area contributed by atoms with Gasteiger partial charge >= 0.3 is 12.1 Å². The average Bonchev–Trinajstić information content (AvgIpc) is 3.35. The highest BCUT2D eigenvalue weighted by molar-refractivity contribution is 5.92. The third-order valence-electron chi connectivity index (χ3n) is 6.71. The van der Waals surface area contributed by atoms with Crippen molar-refractivity contribution in [2.45, 2.75) is 31.5 Å². The zero-order valence-corrected chi connectivity index (χ0v) is 21.6. The van der Waals surface area contributed by atoms with Gasteiger partial charge in [-0.2, -0.15) is 0 Å². The molecule has 206 valence electrons. The Hall–Kier alpha value is -4.61. The number of esters is 1. The van der Waals surface area contributed by atoms with Crippen LogP contribution in [0.1, 0.15) is 24.0 Å². The molecule has 1 atom stereocenters. The SMILES string of the molecule is COc1cc(C=CC(=O)N2CCC(N3C(=O)OCC3C(=O)OCc3ccccc3)CC2)c([N+](=O)[O-])cc1OC. The van der Waals surface area contributed by atoms with Gasteiger partial charge in [-0.05, 0) is 30.5 Å². The third kappa shape index (κ3) is 6.28. The monoisotopic (exact) mass is 539 g/mol. The van der Waals surface area contributed by atoms with Gasteiger partial charge in [0.25, 0.3) is 5.69 Å². The fourth-order valence-corrected chi connectivity index (χ4v) is 4.65. The largest absolute Gasteiger partial charge is 0.493 e. The zero-order valence-electron chi connectivity index (χ0n) is 21.6. The number of methoxy groups -OCH3 is 2. The van der Waals surface area contributed by atoms with Crippen LogP contribution in [-0.2, 0) is 25.7 Å². The Morgan fingerprint density at radius 3 is 2.41 bits per heavy atom. The quantitative estimate of drug-likeness (QED) is 0.204. The molecule has 0 N–H and O–H groups in total. The summed E-state index contributed by atoms with van der Waals surface area (Å²) in [5, 5.41) is 11.5. The summed E-state index contributed by atoms with van der Waals surface area (Å²) >= 11 is 0. The van der Waals surface area contributed by atoms with Crippen LogP contribution < -0.4 is 9.47 Å². The lowest BCUT2D eigenvalue weighted by Crippen LogP contribution is -2.51. The maximum Gasteiger partial charge on any atom is 0.410 e. The topological polar surface area (TPSA) is 138 Å². The van der Waals surface area contributed by atoms with Crippen LogP contribution in [0, 0.1) is 10.1 Å². The number of likely N-dealkylation sites (tertiary alicyclic amines) is 1. The minimum absolute atomic E-state index is 0.0849. The molecule has 2 fully saturated rings. The Labute approximate surface area is 224 Å². The van der Waals surface area contributed by atoms with Crippen LogP contribution in [0.4, 0.5) is 10.5 Å². The molecule has 2 heterocycles. The molecule has 2 aromatic carbocycles. The second-order valence-corrected chi connectivity index (χ2v) is 9.01. The van der Waals surface area contributed by atoms with Crippen molar-refractivity contribution in [3.8, 4) is 11.5 Å². The minimum atomic E-state index is -0.848. The Bertz CT molecular complexity index is 1260. The van der Waals surface area contributed by atoms with Crippen LogP contribution in [0.3, 0.4) is 0 Å². The molecular formula is C27H29N3O9. The molecule has 0 radical (unpaired) electrons. The van der Waals surface area contributed by atoms with Gasteiger partial charge in [0.05, 0.1) is 30.8 Å². The van der Waals surface area contributed by atoms with E-state index in [9.17, 15) is 24.5 Å². The van der Waals surface area contributed by atoms with Crippen LogP contribution in [-0.4, -0.2) is 78.7 Å². The number of carbonyl (C=O) groups excluding carboxylic acids is 3. The normalized spacial score (nSPS) is 17.7. The highest BCUT2D eigenvalue weighted by atomic mass is 16.6. The summed E-state index contributed by atoms with van der Waals surface area (Å²) in [6.07, 6.45) is 2.93. The van der Waals surface area contributed by atoms with Crippen molar-refractivity contribution in [2.24, 2.45) is 0 Å². The first-order valence-electron chi connectivity index (χ1n) is 12.4. The second kappa shape index (κ2) is 12.3. The Kier molecular flexibility index (Phi) is 8.64. The number of amides is 2. The predicted octanol–water partition coefficient (Wildman–Crippen LogP) is 3.18. The van der Waals surface area contributed by atoms with Crippen molar-refractivity contribution < 1.29 is 38.3 Å². The molecule has 2 aliphatic heterocycles. The first kappa shape index (κ1) is 27.4. The lowest BCUT2D eigenvalue weighted by Gasteiger charge is -2.36. The second-order valence-electron chi connectivity index (χ2n) is 9.01. The van der Waals surface area contributed by atoms with Crippen molar-refractivity contribution in [3.63, 3.8) is 0 Å². The van der Waals surface area contributed by atoms with E-state index >= 15 is 0 Å². The first-order valence-corrected chi connectivity index (χ1v) is 12.4. The number of hydrogen-bond acceptors (Lipinski definition) is 9. The number of nitrogens with zero attached hydrogens (tertiary/aromatic N) is 3. The Morgan fingerprint density at radius 1 is 1.10 bits per heavy atom. The standard InChI is InChI=1S/C27H29N3O9/c1-36-23-14-19(21(30(34)35)15-24(23)37-2)8-9-25(31)28-12-10-20(11-13-28)29-22(17-39-27(29)33)26(32)38-16-18-6-4-3-5-7-18/h3-9,14-15,20,22H,10-13,16-17H2,1-2H3. The van der Waals surface area contributed by atoms with E-state index in [1.54, 1.807) is 4.90 Å². The van der Waals surface area contributed by atoms with Crippen LogP contribution in [0.2, 0.25) is 0 Å². The van der Waals surface area contributed by atoms with Gasteiger partial charge < -0.3 is 23.8 Å². The predicted molar refractivity (Wildman–Crippen MR) is 138 cm³/mol. The summed E-state index contributed by atoms with van der Waals surface area (Å²) in [7, 11) is 2.79. The van der Waals surface area contributed by atoms with E-state index in [2.05, 4.69) is 0 Å². The molecule has 1 unspecified atom stereocenters. The molecule has 0 aromatic heterocycles. The van der Waals surface area contributed by atoms with Crippen molar-refractivity contribution in [1.29, 1.82) is 0 Å². The molecule has 0 saturated carbocycles. The number of nitro groups is 1. The average molecular weight is 540 g/mol. The van der Waals surface area contributed by atoms with E-state index in [4.69, 9.17) is 18.9 Å². The maximum absolute atomic E-state index is 12.8. The number of piperidine rings is 1. The van der Waals surface area contributed by atoms with Crippen LogP contribution in [0.15, 0.2) is 48.5 Å². The number of ether oxygens (including phenoxy) is 4. The van der Waals surface area contributed by atoms with Crippen molar-refractivity contribution in [2.75, 3.05) is 33.9 Å². The number of hydrogen-bond donors (Lipinski definition) is 0. The van der Waals surface area contributed by atoms with E-state index in [0.29, 0.717) is 31.7 Å². The molecule has 2 amide bonds. The van der Waals surface area contributed by atoms with Crippen LogP contribution in [0.5, 0.6) is 11.5 Å². The van der Waals surface area contributed by atoms with Crippen LogP contribution >= 0.6 is 0 Å². The smallest absolute Gasteiger partial charge is 0.410 e. The fourth-order valence-electron chi connectivity index (χ4n) is 4.65. The number of benzene rings is 2. The lowest BCUT2D eigenvalue weighted by molar-refractivity contribution is -0.385. The highest BCUT2D eigenvalue weighted by Crippen LogP contribution is 2.35. The number of rotatable bonds is 9. The molecule has 2 saturated heterocycles. The first-order chi connectivity index (χ1) is 18.8. The van der Waals surface area contributed by atoms with Gasteiger partial charge in [-0.3, -0.25) is 19.8 Å².